The smallest absolute Gasteiger partial charge is 0.253 e. The minimum absolute atomic E-state index is 0.0473. The zero-order valence-electron chi connectivity index (χ0n) is 23.0. The minimum atomic E-state index is -0.480. The van der Waals surface area contributed by atoms with Crippen LogP contribution in [0.3, 0.4) is 0 Å². The largest absolute Gasteiger partial charge is 0.486 e. The Morgan fingerprint density at radius 1 is 0.974 bits per heavy atom. The van der Waals surface area contributed by atoms with Crippen LogP contribution in [0.2, 0.25) is 0 Å². The summed E-state index contributed by atoms with van der Waals surface area (Å²) in [6, 6.07) is 18.9. The Hall–Kier alpha value is -3.29. The van der Waals surface area contributed by atoms with Crippen LogP contribution in [-0.2, 0) is 22.6 Å². The maximum absolute atomic E-state index is 13.8. The van der Waals surface area contributed by atoms with Gasteiger partial charge in [0, 0.05) is 57.9 Å². The van der Waals surface area contributed by atoms with E-state index in [1.807, 2.05) is 23.1 Å². The maximum atomic E-state index is 13.8. The van der Waals surface area contributed by atoms with Gasteiger partial charge < -0.3 is 24.0 Å². The zero-order chi connectivity index (χ0) is 26.6. The molecule has 1 saturated heterocycles. The van der Waals surface area contributed by atoms with Crippen molar-refractivity contribution in [1.82, 2.24) is 9.80 Å². The lowest BCUT2D eigenvalue weighted by molar-refractivity contribution is -0.151. The number of nitrogens with zero attached hydrogens (tertiary/aromatic N) is 3. The molecule has 0 N–H and O–H groups in total. The van der Waals surface area contributed by atoms with Crippen molar-refractivity contribution in [1.29, 1.82) is 0 Å². The standard InChI is InChI=1S/C31H39N3O4/c1-22(2)18-34(19-23-9-12-28-29(17-23)38-16-15-37-28)31(35)30-21-33(13-14-36-30)20-24-10-11-27(32(3)4)26-8-6-5-7-25(24)26/h5-12,17,22,30H,13-16,18-21H2,1-4H3. The number of morpholine rings is 1. The molecule has 2 aliphatic heterocycles. The molecular weight excluding hydrogens is 478 g/mol. The van der Waals surface area contributed by atoms with E-state index in [0.717, 1.165) is 30.2 Å². The highest BCUT2D eigenvalue weighted by molar-refractivity contribution is 5.96. The van der Waals surface area contributed by atoms with Gasteiger partial charge in [-0.1, -0.05) is 50.2 Å². The second-order valence-electron chi connectivity index (χ2n) is 10.9. The van der Waals surface area contributed by atoms with E-state index in [1.54, 1.807) is 0 Å². The molecule has 7 nitrogen and oxygen atoms in total. The SMILES string of the molecule is CC(C)CN(Cc1ccc2c(c1)OCCO2)C(=O)C1CN(Cc2ccc(N(C)C)c3ccccc23)CCO1. The molecule has 0 spiro atoms. The van der Waals surface area contributed by atoms with Crippen LogP contribution < -0.4 is 14.4 Å². The highest BCUT2D eigenvalue weighted by atomic mass is 16.6. The Morgan fingerprint density at radius 3 is 2.50 bits per heavy atom. The Morgan fingerprint density at radius 2 is 1.74 bits per heavy atom. The first-order valence-corrected chi connectivity index (χ1v) is 13.6. The molecule has 38 heavy (non-hydrogen) atoms. The number of ether oxygens (including phenoxy) is 3. The fraction of sp³-hybridized carbons (Fsp3) is 0.452. The lowest BCUT2D eigenvalue weighted by Crippen LogP contribution is -2.51. The third-order valence-electron chi connectivity index (χ3n) is 7.17. The van der Waals surface area contributed by atoms with Gasteiger partial charge in [-0.15, -0.1) is 0 Å². The third-order valence-corrected chi connectivity index (χ3v) is 7.17. The minimum Gasteiger partial charge on any atom is -0.486 e. The van der Waals surface area contributed by atoms with Crippen molar-refractivity contribution in [2.45, 2.75) is 33.0 Å². The first-order chi connectivity index (χ1) is 18.4. The molecule has 0 aromatic heterocycles. The first kappa shape index (κ1) is 26.3. The van der Waals surface area contributed by atoms with Crippen molar-refractivity contribution in [3.63, 3.8) is 0 Å². The van der Waals surface area contributed by atoms with Crippen LogP contribution in [0.5, 0.6) is 11.5 Å². The van der Waals surface area contributed by atoms with Crippen LogP contribution in [0.4, 0.5) is 5.69 Å². The Balaban J connectivity index is 1.30. The van der Waals surface area contributed by atoms with Crippen molar-refractivity contribution in [3.8, 4) is 11.5 Å². The summed E-state index contributed by atoms with van der Waals surface area (Å²) < 4.78 is 17.5. The van der Waals surface area contributed by atoms with Gasteiger partial charge in [-0.3, -0.25) is 9.69 Å². The molecule has 1 fully saturated rings. The van der Waals surface area contributed by atoms with Crippen molar-refractivity contribution < 1.29 is 19.0 Å². The number of anilines is 1. The predicted octanol–water partition coefficient (Wildman–Crippen LogP) is 4.56. The molecule has 3 aromatic carbocycles. The summed E-state index contributed by atoms with van der Waals surface area (Å²) in [7, 11) is 4.15. The number of fused-ring (bicyclic) bond motifs is 2. The van der Waals surface area contributed by atoms with Gasteiger partial charge in [0.25, 0.3) is 5.91 Å². The molecule has 0 bridgehead atoms. The van der Waals surface area contributed by atoms with E-state index in [0.29, 0.717) is 45.4 Å². The summed E-state index contributed by atoms with van der Waals surface area (Å²) >= 11 is 0. The zero-order valence-corrected chi connectivity index (χ0v) is 23.0. The van der Waals surface area contributed by atoms with E-state index in [9.17, 15) is 4.79 Å². The van der Waals surface area contributed by atoms with E-state index in [4.69, 9.17) is 14.2 Å². The number of carbonyl (C=O) groups excluding carboxylic acids is 1. The molecule has 1 unspecified atom stereocenters. The predicted molar refractivity (Wildman–Crippen MR) is 151 cm³/mol. The van der Waals surface area contributed by atoms with E-state index in [1.165, 1.54) is 22.0 Å². The van der Waals surface area contributed by atoms with Gasteiger partial charge in [0.05, 0.1) is 6.61 Å². The molecule has 7 heteroatoms. The summed E-state index contributed by atoms with van der Waals surface area (Å²) in [5.41, 5.74) is 3.51. The molecule has 1 amide bonds. The molecule has 0 saturated carbocycles. The van der Waals surface area contributed by atoms with Crippen LogP contribution in [0.1, 0.15) is 25.0 Å². The van der Waals surface area contributed by atoms with Crippen LogP contribution >= 0.6 is 0 Å². The van der Waals surface area contributed by atoms with Gasteiger partial charge in [-0.25, -0.2) is 0 Å². The second kappa shape index (κ2) is 11.6. The molecule has 0 aliphatic carbocycles. The summed E-state index contributed by atoms with van der Waals surface area (Å²) in [5.74, 6) is 1.90. The van der Waals surface area contributed by atoms with Crippen molar-refractivity contribution in [2.75, 3.05) is 58.5 Å². The highest BCUT2D eigenvalue weighted by Gasteiger charge is 2.31. The van der Waals surface area contributed by atoms with Crippen molar-refractivity contribution in [2.24, 2.45) is 5.92 Å². The van der Waals surface area contributed by atoms with Gasteiger partial charge in [-0.05, 0) is 40.6 Å². The fourth-order valence-corrected chi connectivity index (χ4v) is 5.39. The highest BCUT2D eigenvalue weighted by Crippen LogP contribution is 2.32. The molecule has 1 atom stereocenters. The average molecular weight is 518 g/mol. The monoisotopic (exact) mass is 517 g/mol. The lowest BCUT2D eigenvalue weighted by atomic mass is 10.0. The van der Waals surface area contributed by atoms with Crippen LogP contribution in [0.25, 0.3) is 10.8 Å². The molecule has 3 aromatic rings. The maximum Gasteiger partial charge on any atom is 0.253 e. The summed E-state index contributed by atoms with van der Waals surface area (Å²) in [4.78, 5) is 20.2. The summed E-state index contributed by atoms with van der Waals surface area (Å²) in [6.45, 7) is 9.30. The van der Waals surface area contributed by atoms with E-state index >= 15 is 0 Å². The molecular formula is C31H39N3O4. The Bertz CT molecular complexity index is 1280. The number of benzene rings is 3. The number of amides is 1. The number of hydrogen-bond acceptors (Lipinski definition) is 6. The van der Waals surface area contributed by atoms with E-state index < -0.39 is 6.10 Å². The van der Waals surface area contributed by atoms with E-state index in [-0.39, 0.29) is 5.91 Å². The quantitative estimate of drug-likeness (QED) is 0.437. The molecule has 2 aliphatic rings. The van der Waals surface area contributed by atoms with Gasteiger partial charge in [0.1, 0.15) is 19.3 Å². The summed E-state index contributed by atoms with van der Waals surface area (Å²) in [5, 5.41) is 2.51. The van der Waals surface area contributed by atoms with Crippen molar-refractivity contribution >= 4 is 22.4 Å². The van der Waals surface area contributed by atoms with Crippen LogP contribution in [0, 0.1) is 5.92 Å². The Kier molecular flexibility index (Phi) is 8.05. The second-order valence-corrected chi connectivity index (χ2v) is 10.9. The molecule has 0 radical (unpaired) electrons. The Labute approximate surface area is 225 Å². The topological polar surface area (TPSA) is 54.5 Å². The van der Waals surface area contributed by atoms with Gasteiger partial charge in [-0.2, -0.15) is 0 Å². The number of carbonyl (C=O) groups is 1. The number of rotatable bonds is 8. The molecule has 2 heterocycles. The summed E-state index contributed by atoms with van der Waals surface area (Å²) in [6.07, 6.45) is -0.480. The van der Waals surface area contributed by atoms with Gasteiger partial charge >= 0.3 is 0 Å². The van der Waals surface area contributed by atoms with Gasteiger partial charge in [0.15, 0.2) is 11.5 Å². The fourth-order valence-electron chi connectivity index (χ4n) is 5.39. The van der Waals surface area contributed by atoms with Crippen molar-refractivity contribution in [3.05, 3.63) is 65.7 Å². The molecule has 5 rings (SSSR count). The normalized spacial score (nSPS) is 17.6. The molecule has 202 valence electrons. The lowest BCUT2D eigenvalue weighted by Gasteiger charge is -2.36. The first-order valence-electron chi connectivity index (χ1n) is 13.6. The number of hydrogen-bond donors (Lipinski definition) is 0. The van der Waals surface area contributed by atoms with Gasteiger partial charge in [0.2, 0.25) is 0 Å². The van der Waals surface area contributed by atoms with Crippen LogP contribution in [-0.4, -0.2) is 75.4 Å². The third kappa shape index (κ3) is 5.89. The van der Waals surface area contributed by atoms with Crippen LogP contribution in [0.15, 0.2) is 54.6 Å². The average Bonchev–Trinajstić information content (AvgIpc) is 2.92. The van der Waals surface area contributed by atoms with E-state index in [2.05, 4.69) is 74.1 Å².